The topological polar surface area (TPSA) is 181 Å². The highest BCUT2D eigenvalue weighted by Gasteiger charge is 2.45. The van der Waals surface area contributed by atoms with Crippen LogP contribution in [0, 0.1) is 5.92 Å². The molecule has 1 atom stereocenters. The van der Waals surface area contributed by atoms with E-state index < -0.39 is 23.8 Å². The number of benzene rings is 3. The first-order chi connectivity index (χ1) is 30.2. The van der Waals surface area contributed by atoms with E-state index in [-0.39, 0.29) is 36.3 Å². The van der Waals surface area contributed by atoms with Crippen LogP contribution in [0.4, 0.5) is 11.5 Å². The average Bonchev–Trinajstić information content (AvgIpc) is 3.73. The van der Waals surface area contributed by atoms with E-state index >= 15 is 0 Å². The summed E-state index contributed by atoms with van der Waals surface area (Å²) in [6.07, 6.45) is 7.71. The second-order valence-corrected chi connectivity index (χ2v) is 17.2. The number of nitrogens with one attached hydrogen (secondary N) is 1. The Morgan fingerprint density at radius 1 is 0.694 bits per heavy atom. The van der Waals surface area contributed by atoms with Crippen molar-refractivity contribution in [3.8, 4) is 17.2 Å². The minimum atomic E-state index is -0.970. The molecular formula is C46H50N10O6. The number of para-hydroxylation sites is 1. The molecule has 10 rings (SSSR count). The van der Waals surface area contributed by atoms with E-state index in [2.05, 4.69) is 30.0 Å². The minimum Gasteiger partial charge on any atom is -0.457 e. The predicted octanol–water partition coefficient (Wildman–Crippen LogP) is 4.38. The van der Waals surface area contributed by atoms with Crippen molar-refractivity contribution < 1.29 is 23.9 Å². The predicted molar refractivity (Wildman–Crippen MR) is 231 cm³/mol. The molecule has 0 spiro atoms. The molecule has 0 saturated carbocycles. The smallest absolute Gasteiger partial charge is 0.335 e. The third-order valence-electron chi connectivity index (χ3n) is 13.6. The van der Waals surface area contributed by atoms with Crippen molar-refractivity contribution in [2.75, 3.05) is 56.4 Å². The summed E-state index contributed by atoms with van der Waals surface area (Å²) in [6.45, 7) is 6.74. The van der Waals surface area contributed by atoms with E-state index in [0.29, 0.717) is 45.7 Å². The monoisotopic (exact) mass is 838 g/mol. The van der Waals surface area contributed by atoms with Crippen LogP contribution in [0.5, 0.6) is 11.5 Å². The van der Waals surface area contributed by atoms with Crippen LogP contribution in [0.15, 0.2) is 83.9 Å². The van der Waals surface area contributed by atoms with Crippen LogP contribution >= 0.6 is 0 Å². The van der Waals surface area contributed by atoms with Crippen LogP contribution in [0.25, 0.3) is 16.9 Å². The first-order valence-electron chi connectivity index (χ1n) is 21.8. The molecule has 0 bridgehead atoms. The first-order valence-corrected chi connectivity index (χ1v) is 21.8. The number of nitrogens with two attached hydrogens (primary N) is 1. The highest BCUT2D eigenvalue weighted by Crippen LogP contribution is 2.34. The number of ether oxygens (including phenoxy) is 1. The maximum atomic E-state index is 14.2. The molecule has 62 heavy (non-hydrogen) atoms. The quantitative estimate of drug-likeness (QED) is 0.201. The number of nitrogens with zero attached hydrogens (tertiary/aromatic N) is 8. The van der Waals surface area contributed by atoms with Crippen molar-refractivity contribution in [3.05, 3.63) is 101 Å². The molecule has 3 N–H and O–H groups in total. The molecule has 3 aromatic carbocycles. The number of anilines is 2. The molecule has 5 aromatic rings. The lowest BCUT2D eigenvalue weighted by Crippen LogP contribution is -2.54. The number of rotatable bonds is 9. The number of hydrogen-bond donors (Lipinski definition) is 2. The zero-order valence-corrected chi connectivity index (χ0v) is 34.5. The van der Waals surface area contributed by atoms with Gasteiger partial charge in [0, 0.05) is 56.9 Å². The lowest BCUT2D eigenvalue weighted by molar-refractivity contribution is -0.136. The maximum Gasteiger partial charge on any atom is 0.335 e. The van der Waals surface area contributed by atoms with E-state index in [1.54, 1.807) is 16.7 Å². The van der Waals surface area contributed by atoms with Crippen molar-refractivity contribution in [2.24, 2.45) is 5.92 Å². The Kier molecular flexibility index (Phi) is 10.6. The molecule has 16 heteroatoms. The Morgan fingerprint density at radius 2 is 1.37 bits per heavy atom. The van der Waals surface area contributed by atoms with Gasteiger partial charge in [-0.25, -0.2) is 14.8 Å². The Bertz CT molecular complexity index is 2590. The third kappa shape index (κ3) is 7.40. The number of fused-ring (bicyclic) bond motifs is 2. The van der Waals surface area contributed by atoms with Gasteiger partial charge >= 0.3 is 5.69 Å². The van der Waals surface area contributed by atoms with E-state index in [9.17, 15) is 24.0 Å². The second-order valence-electron chi connectivity index (χ2n) is 17.2. The molecule has 1 unspecified atom stereocenters. The summed E-state index contributed by atoms with van der Waals surface area (Å²) in [6, 6.07) is 21.9. The fourth-order valence-electron chi connectivity index (χ4n) is 10.3. The molecule has 0 radical (unpaired) electrons. The van der Waals surface area contributed by atoms with Crippen molar-refractivity contribution in [3.63, 3.8) is 0 Å². The van der Waals surface area contributed by atoms with E-state index in [0.717, 1.165) is 101 Å². The lowest BCUT2D eigenvalue weighted by Gasteiger charge is -2.43. The number of hydrogen-bond acceptors (Lipinski definition) is 12. The van der Waals surface area contributed by atoms with Crippen molar-refractivity contribution in [1.82, 2.24) is 39.1 Å². The number of amides is 4. The molecule has 2 aromatic heterocycles. The number of carbonyl (C=O) groups excluding carboxylic acids is 4. The van der Waals surface area contributed by atoms with Gasteiger partial charge in [-0.1, -0.05) is 18.2 Å². The summed E-state index contributed by atoms with van der Waals surface area (Å²) in [5.74, 6) is 0.343. The van der Waals surface area contributed by atoms with Crippen molar-refractivity contribution in [1.29, 1.82) is 0 Å². The van der Waals surface area contributed by atoms with Crippen LogP contribution in [0.2, 0.25) is 0 Å². The largest absolute Gasteiger partial charge is 0.457 e. The van der Waals surface area contributed by atoms with Crippen LogP contribution in [-0.2, 0) is 9.59 Å². The van der Waals surface area contributed by atoms with E-state index in [1.807, 2.05) is 65.2 Å². The van der Waals surface area contributed by atoms with Gasteiger partial charge in [0.25, 0.3) is 11.8 Å². The number of imidazole rings is 1. The van der Waals surface area contributed by atoms with E-state index in [4.69, 9.17) is 10.5 Å². The summed E-state index contributed by atoms with van der Waals surface area (Å²) in [5.41, 5.74) is 9.52. The molecular weight excluding hydrogens is 789 g/mol. The standard InChI is InChI=1S/C46H50N10O6/c47-41-40-42(49-28-48-41)55(46(61)54(40)31-6-9-35(10-7-31)62-34-4-2-1-3-5-34)32-16-20-51(21-17-32)27-29-14-22-52(23-15-29)30-18-24-53(25-19-30)33-8-11-36-37(26-33)45(60)56(44(36)59)38-12-13-39(57)50-43(38)58/h1-11,26,28-30,32,38H,12-25,27H2,(H2,47,48,49)(H,50,57,58). The Balaban J connectivity index is 0.714. The van der Waals surface area contributed by atoms with Gasteiger partial charge in [0.2, 0.25) is 11.8 Å². The maximum absolute atomic E-state index is 14.2. The summed E-state index contributed by atoms with van der Waals surface area (Å²) in [4.78, 5) is 82.3. The highest BCUT2D eigenvalue weighted by molar-refractivity contribution is 6.23. The van der Waals surface area contributed by atoms with Crippen molar-refractivity contribution in [2.45, 2.75) is 69.5 Å². The molecule has 4 fully saturated rings. The number of aromatic nitrogens is 4. The zero-order valence-electron chi connectivity index (χ0n) is 34.5. The second kappa shape index (κ2) is 16.5. The molecule has 4 amide bonds. The molecule has 7 heterocycles. The summed E-state index contributed by atoms with van der Waals surface area (Å²) < 4.78 is 9.43. The van der Waals surface area contributed by atoms with Gasteiger partial charge in [0.1, 0.15) is 29.4 Å². The van der Waals surface area contributed by atoms with Gasteiger partial charge in [0.05, 0.1) is 16.8 Å². The van der Waals surface area contributed by atoms with Crippen LogP contribution in [0.3, 0.4) is 0 Å². The Morgan fingerprint density at radius 3 is 2.10 bits per heavy atom. The van der Waals surface area contributed by atoms with Gasteiger partial charge in [-0.3, -0.25) is 38.5 Å². The zero-order chi connectivity index (χ0) is 42.5. The average molecular weight is 839 g/mol. The first kappa shape index (κ1) is 39.7. The third-order valence-corrected chi connectivity index (χ3v) is 13.6. The number of piperidine rings is 4. The van der Waals surface area contributed by atoms with Gasteiger partial charge in [-0.2, -0.15) is 0 Å². The summed E-state index contributed by atoms with van der Waals surface area (Å²) >= 11 is 0. The molecule has 16 nitrogen and oxygen atoms in total. The lowest BCUT2D eigenvalue weighted by atomic mass is 9.92. The van der Waals surface area contributed by atoms with Gasteiger partial charge in [-0.15, -0.1) is 0 Å². The molecule has 0 aliphatic carbocycles. The van der Waals surface area contributed by atoms with Gasteiger partial charge < -0.3 is 25.2 Å². The number of nitrogen functional groups attached to an aromatic ring is 1. The number of imide groups is 2. The Labute approximate surface area is 358 Å². The van der Waals surface area contributed by atoms with Crippen LogP contribution in [0.1, 0.15) is 78.1 Å². The minimum absolute atomic E-state index is 0.00230. The van der Waals surface area contributed by atoms with Crippen LogP contribution < -0.4 is 26.4 Å². The molecule has 5 aliphatic heterocycles. The fraction of sp³-hybridized carbons (Fsp3) is 0.413. The molecule has 320 valence electrons. The SMILES string of the molecule is Nc1ncnc2c1n(-c1ccc(Oc3ccccc3)cc1)c(=O)n2C1CCN(CC2CCN(C3CCN(c4ccc5c(c4)C(=O)N(C4CCC(=O)NC4=O)C5=O)CC3)CC2)CC1. The van der Waals surface area contributed by atoms with Gasteiger partial charge in [-0.05, 0) is 119 Å². The molecule has 5 aliphatic rings. The van der Waals surface area contributed by atoms with E-state index in [1.165, 1.54) is 6.33 Å². The normalized spacial score (nSPS) is 21.2. The highest BCUT2D eigenvalue weighted by atomic mass is 16.5. The number of likely N-dealkylation sites (tertiary alicyclic amines) is 2. The van der Waals surface area contributed by atoms with Gasteiger partial charge in [0.15, 0.2) is 11.5 Å². The van der Waals surface area contributed by atoms with Crippen molar-refractivity contribution >= 4 is 46.3 Å². The Hall–Kier alpha value is -6.39. The summed E-state index contributed by atoms with van der Waals surface area (Å²) in [5, 5.41) is 2.26. The summed E-state index contributed by atoms with van der Waals surface area (Å²) in [7, 11) is 0. The molecule has 4 saturated heterocycles. The number of carbonyl (C=O) groups is 4. The fourth-order valence-corrected chi connectivity index (χ4v) is 10.3. The van der Waals surface area contributed by atoms with Crippen LogP contribution in [-0.4, -0.2) is 115 Å².